The SMILES string of the molecule is COc1ccc(C)cc1NC(=O)C(C)Sc1n[nH]c(C2CC2)n1. The van der Waals surface area contributed by atoms with Gasteiger partial charge < -0.3 is 10.1 Å². The van der Waals surface area contributed by atoms with E-state index in [9.17, 15) is 4.79 Å². The van der Waals surface area contributed by atoms with E-state index in [1.54, 1.807) is 7.11 Å². The summed E-state index contributed by atoms with van der Waals surface area (Å²) < 4.78 is 5.28. The van der Waals surface area contributed by atoms with Crippen LogP contribution in [0.15, 0.2) is 23.4 Å². The number of hydrogen-bond donors (Lipinski definition) is 2. The molecule has 0 spiro atoms. The van der Waals surface area contributed by atoms with Crippen LogP contribution in [0.3, 0.4) is 0 Å². The molecule has 1 aliphatic carbocycles. The molecule has 0 radical (unpaired) electrons. The monoisotopic (exact) mass is 332 g/mol. The minimum Gasteiger partial charge on any atom is -0.495 e. The van der Waals surface area contributed by atoms with Gasteiger partial charge in [0.25, 0.3) is 0 Å². The lowest BCUT2D eigenvalue weighted by Gasteiger charge is -2.13. The van der Waals surface area contributed by atoms with Gasteiger partial charge in [0.05, 0.1) is 18.0 Å². The number of nitrogens with zero attached hydrogens (tertiary/aromatic N) is 2. The van der Waals surface area contributed by atoms with Crippen LogP contribution in [0.25, 0.3) is 0 Å². The van der Waals surface area contributed by atoms with Crippen LogP contribution in [-0.4, -0.2) is 33.4 Å². The average Bonchev–Trinajstić information content (AvgIpc) is 3.28. The number of carbonyl (C=O) groups excluding carboxylic acids is 1. The summed E-state index contributed by atoms with van der Waals surface area (Å²) in [6.45, 7) is 3.82. The zero-order chi connectivity index (χ0) is 16.4. The summed E-state index contributed by atoms with van der Waals surface area (Å²) in [7, 11) is 1.59. The Morgan fingerprint density at radius 1 is 1.48 bits per heavy atom. The number of ether oxygens (including phenoxy) is 1. The van der Waals surface area contributed by atoms with Crippen LogP contribution in [0, 0.1) is 6.92 Å². The first-order valence-electron chi connectivity index (χ1n) is 7.61. The van der Waals surface area contributed by atoms with E-state index >= 15 is 0 Å². The van der Waals surface area contributed by atoms with Crippen LogP contribution in [0.4, 0.5) is 5.69 Å². The van der Waals surface area contributed by atoms with Crippen LogP contribution >= 0.6 is 11.8 Å². The normalized spacial score (nSPS) is 15.3. The molecule has 0 saturated heterocycles. The maximum atomic E-state index is 12.4. The van der Waals surface area contributed by atoms with Crippen LogP contribution in [0.1, 0.15) is 37.1 Å². The Hall–Kier alpha value is -2.02. The van der Waals surface area contributed by atoms with E-state index in [1.165, 1.54) is 24.6 Å². The van der Waals surface area contributed by atoms with Crippen molar-refractivity contribution in [3.63, 3.8) is 0 Å². The Morgan fingerprint density at radius 3 is 2.96 bits per heavy atom. The van der Waals surface area contributed by atoms with Gasteiger partial charge in [-0.05, 0) is 44.4 Å². The minimum absolute atomic E-state index is 0.100. The van der Waals surface area contributed by atoms with Gasteiger partial charge in [-0.3, -0.25) is 9.89 Å². The Labute approximate surface area is 139 Å². The molecule has 1 aromatic heterocycles. The van der Waals surface area contributed by atoms with Crippen LogP contribution < -0.4 is 10.1 Å². The van der Waals surface area contributed by atoms with Crippen molar-refractivity contribution < 1.29 is 9.53 Å². The van der Waals surface area contributed by atoms with Gasteiger partial charge in [0.15, 0.2) is 0 Å². The topological polar surface area (TPSA) is 79.9 Å². The summed E-state index contributed by atoms with van der Waals surface area (Å²) >= 11 is 1.35. The Morgan fingerprint density at radius 2 is 2.26 bits per heavy atom. The third kappa shape index (κ3) is 3.85. The molecule has 1 aliphatic rings. The van der Waals surface area contributed by atoms with E-state index in [0.717, 1.165) is 11.4 Å². The third-order valence-electron chi connectivity index (χ3n) is 3.71. The molecule has 0 bridgehead atoms. The summed E-state index contributed by atoms with van der Waals surface area (Å²) in [5.41, 5.74) is 1.74. The van der Waals surface area contributed by atoms with E-state index in [4.69, 9.17) is 4.74 Å². The smallest absolute Gasteiger partial charge is 0.237 e. The predicted molar refractivity (Wildman–Crippen MR) is 90.0 cm³/mol. The number of anilines is 1. The van der Waals surface area contributed by atoms with Gasteiger partial charge >= 0.3 is 0 Å². The standard InChI is InChI=1S/C16H20N4O2S/c1-9-4-7-13(22-3)12(8-9)17-15(21)10(2)23-16-18-14(19-20-16)11-5-6-11/h4,7-8,10-11H,5-6H2,1-3H3,(H,17,21)(H,18,19,20). The van der Waals surface area contributed by atoms with Gasteiger partial charge in [-0.1, -0.05) is 17.8 Å². The first kappa shape index (κ1) is 15.9. The lowest BCUT2D eigenvalue weighted by Crippen LogP contribution is -2.22. The van der Waals surface area contributed by atoms with Crippen molar-refractivity contribution in [1.82, 2.24) is 15.2 Å². The lowest BCUT2D eigenvalue weighted by atomic mass is 10.2. The molecule has 1 unspecified atom stereocenters. The molecule has 1 atom stereocenters. The number of amides is 1. The molecule has 1 saturated carbocycles. The fraction of sp³-hybridized carbons (Fsp3) is 0.438. The number of rotatable bonds is 6. The van der Waals surface area contributed by atoms with Crippen LogP contribution in [0.2, 0.25) is 0 Å². The second kappa shape index (κ2) is 6.62. The van der Waals surface area contributed by atoms with Crippen molar-refractivity contribution >= 4 is 23.4 Å². The molecule has 0 aliphatic heterocycles. The van der Waals surface area contributed by atoms with Gasteiger partial charge in [-0.15, -0.1) is 5.10 Å². The molecule has 2 N–H and O–H groups in total. The van der Waals surface area contributed by atoms with Gasteiger partial charge in [0.2, 0.25) is 11.1 Å². The highest BCUT2D eigenvalue weighted by Crippen LogP contribution is 2.38. The molecule has 1 heterocycles. The molecule has 2 aromatic rings. The second-order valence-electron chi connectivity index (χ2n) is 5.73. The number of hydrogen-bond acceptors (Lipinski definition) is 5. The van der Waals surface area contributed by atoms with Gasteiger partial charge in [0.1, 0.15) is 11.6 Å². The molecule has 23 heavy (non-hydrogen) atoms. The predicted octanol–water partition coefficient (Wildman–Crippen LogP) is 3.12. The molecule has 1 aromatic carbocycles. The zero-order valence-corrected chi connectivity index (χ0v) is 14.2. The maximum absolute atomic E-state index is 12.4. The maximum Gasteiger partial charge on any atom is 0.237 e. The second-order valence-corrected chi connectivity index (χ2v) is 7.04. The van der Waals surface area contributed by atoms with Crippen molar-refractivity contribution in [2.45, 2.75) is 43.0 Å². The first-order valence-corrected chi connectivity index (χ1v) is 8.49. The molecule has 3 rings (SSSR count). The Balaban J connectivity index is 1.63. The van der Waals surface area contributed by atoms with E-state index in [1.807, 2.05) is 32.0 Å². The summed E-state index contributed by atoms with van der Waals surface area (Å²) in [4.78, 5) is 16.8. The molecule has 7 heteroatoms. The van der Waals surface area contributed by atoms with Crippen molar-refractivity contribution in [2.24, 2.45) is 0 Å². The van der Waals surface area contributed by atoms with Crippen LogP contribution in [0.5, 0.6) is 5.75 Å². The third-order valence-corrected chi connectivity index (χ3v) is 4.67. The molecule has 1 fully saturated rings. The van der Waals surface area contributed by atoms with E-state index < -0.39 is 0 Å². The van der Waals surface area contributed by atoms with E-state index in [-0.39, 0.29) is 11.2 Å². The molecular weight excluding hydrogens is 312 g/mol. The van der Waals surface area contributed by atoms with Gasteiger partial charge in [0, 0.05) is 5.92 Å². The quantitative estimate of drug-likeness (QED) is 0.795. The number of nitrogens with one attached hydrogen (secondary N) is 2. The van der Waals surface area contributed by atoms with E-state index in [0.29, 0.717) is 22.5 Å². The lowest BCUT2D eigenvalue weighted by molar-refractivity contribution is -0.115. The minimum atomic E-state index is -0.303. The highest BCUT2D eigenvalue weighted by Gasteiger charge is 2.28. The zero-order valence-electron chi connectivity index (χ0n) is 13.4. The Bertz CT molecular complexity index is 712. The fourth-order valence-corrected chi connectivity index (χ4v) is 2.95. The molecular formula is C16H20N4O2S. The molecule has 1 amide bonds. The van der Waals surface area contributed by atoms with Crippen LogP contribution in [-0.2, 0) is 4.79 Å². The Kier molecular flexibility index (Phi) is 4.56. The summed E-state index contributed by atoms with van der Waals surface area (Å²) in [5, 5.41) is 10.4. The fourth-order valence-electron chi connectivity index (χ4n) is 2.22. The number of aromatic amines is 1. The summed E-state index contributed by atoms with van der Waals surface area (Å²) in [5.74, 6) is 2.00. The summed E-state index contributed by atoms with van der Waals surface area (Å²) in [6, 6.07) is 5.69. The number of aryl methyl sites for hydroxylation is 1. The first-order chi connectivity index (χ1) is 11.1. The average molecular weight is 332 g/mol. The van der Waals surface area contributed by atoms with Crippen molar-refractivity contribution in [1.29, 1.82) is 0 Å². The van der Waals surface area contributed by atoms with Crippen molar-refractivity contribution in [2.75, 3.05) is 12.4 Å². The number of methoxy groups -OCH3 is 1. The number of H-pyrrole nitrogens is 1. The van der Waals surface area contributed by atoms with Gasteiger partial charge in [-0.2, -0.15) is 0 Å². The highest BCUT2D eigenvalue weighted by molar-refractivity contribution is 8.00. The largest absolute Gasteiger partial charge is 0.495 e. The van der Waals surface area contributed by atoms with Crippen molar-refractivity contribution in [3.05, 3.63) is 29.6 Å². The summed E-state index contributed by atoms with van der Waals surface area (Å²) in [6.07, 6.45) is 2.34. The number of benzene rings is 1. The number of aromatic nitrogens is 3. The van der Waals surface area contributed by atoms with Gasteiger partial charge in [-0.25, -0.2) is 4.98 Å². The molecule has 6 nitrogen and oxygen atoms in total. The molecule has 122 valence electrons. The highest BCUT2D eigenvalue weighted by atomic mass is 32.2. The number of carbonyl (C=O) groups is 1. The van der Waals surface area contributed by atoms with E-state index in [2.05, 4.69) is 20.5 Å². The number of thioether (sulfide) groups is 1. The van der Waals surface area contributed by atoms with Crippen molar-refractivity contribution in [3.8, 4) is 5.75 Å².